The first-order valence-electron chi connectivity index (χ1n) is 7.41. The zero-order chi connectivity index (χ0) is 19.1. The molecule has 0 spiro atoms. The molecule has 2 heterocycles. The van der Waals surface area contributed by atoms with E-state index in [4.69, 9.17) is 19.7 Å². The SMILES string of the molecule is O=S(=O)(C1O[C@H](CO)[C@@H](O)[C@H](O)[C@H]1O)C1O[C@H](CO)[C@@H](O)[C@H](O)[C@H]1O. The van der Waals surface area contributed by atoms with Crippen LogP contribution in [0.15, 0.2) is 0 Å². The summed E-state index contributed by atoms with van der Waals surface area (Å²) in [6.07, 6.45) is -14.8. The summed E-state index contributed by atoms with van der Waals surface area (Å²) in [6, 6.07) is 0. The van der Waals surface area contributed by atoms with Gasteiger partial charge in [-0.2, -0.15) is 0 Å². The van der Waals surface area contributed by atoms with Crippen molar-refractivity contribution in [3.63, 3.8) is 0 Å². The summed E-state index contributed by atoms with van der Waals surface area (Å²) in [5.74, 6) is 0. The summed E-state index contributed by atoms with van der Waals surface area (Å²) < 4.78 is 35.2. The van der Waals surface area contributed by atoms with Crippen molar-refractivity contribution in [2.75, 3.05) is 13.2 Å². The van der Waals surface area contributed by atoms with Crippen LogP contribution in [0.5, 0.6) is 0 Å². The minimum Gasteiger partial charge on any atom is -0.394 e. The number of sulfone groups is 1. The fourth-order valence-corrected chi connectivity index (χ4v) is 4.77. The molecule has 2 unspecified atom stereocenters. The summed E-state index contributed by atoms with van der Waals surface area (Å²) in [5.41, 5.74) is -4.41. The normalized spacial score (nSPS) is 49.1. The van der Waals surface area contributed by atoms with Gasteiger partial charge in [-0.05, 0) is 0 Å². The lowest BCUT2D eigenvalue weighted by atomic mass is 10.0. The van der Waals surface area contributed by atoms with Gasteiger partial charge >= 0.3 is 0 Å². The predicted molar refractivity (Wildman–Crippen MR) is 76.5 cm³/mol. The minimum atomic E-state index is -4.79. The number of hydrogen-bond acceptors (Lipinski definition) is 12. The van der Waals surface area contributed by atoms with E-state index in [1.165, 1.54) is 0 Å². The maximum absolute atomic E-state index is 12.7. The van der Waals surface area contributed by atoms with Crippen LogP contribution in [0.1, 0.15) is 0 Å². The average Bonchev–Trinajstić information content (AvgIpc) is 2.57. The first-order valence-corrected chi connectivity index (χ1v) is 9.02. The Kier molecular flexibility index (Phi) is 6.39. The molecular weight excluding hydrogens is 368 g/mol. The van der Waals surface area contributed by atoms with Gasteiger partial charge in [-0.15, -0.1) is 0 Å². The molecule has 0 saturated carbocycles. The second-order valence-corrected chi connectivity index (χ2v) is 8.09. The molecular formula is C12H22O12S. The average molecular weight is 390 g/mol. The first-order chi connectivity index (χ1) is 11.6. The van der Waals surface area contributed by atoms with Crippen LogP contribution < -0.4 is 0 Å². The monoisotopic (exact) mass is 390 g/mol. The number of hydrogen-bond donors (Lipinski definition) is 8. The molecule has 0 aromatic carbocycles. The van der Waals surface area contributed by atoms with Crippen LogP contribution in [-0.2, 0) is 19.3 Å². The summed E-state index contributed by atoms with van der Waals surface area (Å²) in [5, 5.41) is 76.8. The van der Waals surface area contributed by atoms with Gasteiger partial charge in [0.1, 0.15) is 48.8 Å². The quantitative estimate of drug-likeness (QED) is 0.225. The molecule has 12 nitrogen and oxygen atoms in total. The Labute approximate surface area is 142 Å². The maximum Gasteiger partial charge on any atom is 0.209 e. The van der Waals surface area contributed by atoms with E-state index >= 15 is 0 Å². The molecule has 2 aliphatic rings. The van der Waals surface area contributed by atoms with Crippen LogP contribution in [0.2, 0.25) is 0 Å². The van der Waals surface area contributed by atoms with Crippen molar-refractivity contribution < 1.29 is 58.7 Å². The molecule has 25 heavy (non-hydrogen) atoms. The molecule has 13 heteroatoms. The van der Waals surface area contributed by atoms with Gasteiger partial charge < -0.3 is 50.3 Å². The zero-order valence-corrected chi connectivity index (χ0v) is 13.6. The fourth-order valence-electron chi connectivity index (χ4n) is 2.81. The Bertz CT molecular complexity index is 508. The number of aliphatic hydroxyl groups excluding tert-OH is 8. The molecule has 2 rings (SSSR count). The molecule has 0 aliphatic carbocycles. The van der Waals surface area contributed by atoms with Gasteiger partial charge in [0.15, 0.2) is 10.9 Å². The van der Waals surface area contributed by atoms with Crippen LogP contribution in [0.25, 0.3) is 0 Å². The molecule has 8 N–H and O–H groups in total. The first kappa shape index (κ1) is 20.9. The second-order valence-electron chi connectivity index (χ2n) is 5.98. The number of ether oxygens (including phenoxy) is 2. The van der Waals surface area contributed by atoms with E-state index in [2.05, 4.69) is 0 Å². The zero-order valence-electron chi connectivity index (χ0n) is 12.8. The molecule has 2 aliphatic heterocycles. The lowest BCUT2D eigenvalue weighted by molar-refractivity contribution is -0.218. The smallest absolute Gasteiger partial charge is 0.209 e. The highest BCUT2D eigenvalue weighted by molar-refractivity contribution is 7.92. The Hall–Kier alpha value is -0.450. The Morgan fingerprint density at radius 2 is 0.920 bits per heavy atom. The third-order valence-corrected chi connectivity index (χ3v) is 6.42. The van der Waals surface area contributed by atoms with Crippen LogP contribution >= 0.6 is 0 Å². The standard InChI is InChI=1S/C12H22O12S/c13-1-3-5(15)7(17)9(19)11(23-3)25(21,22)12-10(20)8(18)6(16)4(2-14)24-12/h3-20H,1-2H2/t3-,4-,5-,6-,7+,8+,9-,10-,11?,12?/m1/s1. The van der Waals surface area contributed by atoms with Crippen molar-refractivity contribution in [2.24, 2.45) is 0 Å². The van der Waals surface area contributed by atoms with Crippen LogP contribution in [0, 0.1) is 0 Å². The lowest BCUT2D eigenvalue weighted by Gasteiger charge is -2.44. The van der Waals surface area contributed by atoms with Gasteiger partial charge in [-0.3, -0.25) is 0 Å². The van der Waals surface area contributed by atoms with Gasteiger partial charge in [0.25, 0.3) is 0 Å². The van der Waals surface area contributed by atoms with Crippen LogP contribution in [-0.4, -0.2) is 122 Å². The van der Waals surface area contributed by atoms with Crippen LogP contribution in [0.4, 0.5) is 0 Å². The van der Waals surface area contributed by atoms with Gasteiger partial charge in [0, 0.05) is 0 Å². The second kappa shape index (κ2) is 7.66. The summed E-state index contributed by atoms with van der Waals surface area (Å²) in [4.78, 5) is 0. The van der Waals surface area contributed by atoms with E-state index in [0.717, 1.165) is 0 Å². The molecule has 0 amide bonds. The van der Waals surface area contributed by atoms with E-state index in [9.17, 15) is 39.1 Å². The minimum absolute atomic E-state index is 0.869. The van der Waals surface area contributed by atoms with Gasteiger partial charge in [-0.1, -0.05) is 0 Å². The third-order valence-electron chi connectivity index (χ3n) is 4.34. The molecule has 0 bridgehead atoms. The molecule has 0 aromatic rings. The van der Waals surface area contributed by atoms with Crippen molar-refractivity contribution in [1.29, 1.82) is 0 Å². The van der Waals surface area contributed by atoms with Crippen LogP contribution in [0.3, 0.4) is 0 Å². The summed E-state index contributed by atoms with van der Waals surface area (Å²) in [6.45, 7) is -1.74. The highest BCUT2D eigenvalue weighted by Crippen LogP contribution is 2.32. The summed E-state index contributed by atoms with van der Waals surface area (Å²) in [7, 11) is -4.79. The number of rotatable bonds is 4. The van der Waals surface area contributed by atoms with Crippen molar-refractivity contribution >= 4 is 9.84 Å². The molecule has 0 aromatic heterocycles. The fraction of sp³-hybridized carbons (Fsp3) is 1.00. The Morgan fingerprint density at radius 1 is 0.600 bits per heavy atom. The van der Waals surface area contributed by atoms with Gasteiger partial charge in [0.05, 0.1) is 13.2 Å². The molecule has 148 valence electrons. The largest absolute Gasteiger partial charge is 0.394 e. The van der Waals surface area contributed by atoms with E-state index in [0.29, 0.717) is 0 Å². The highest BCUT2D eigenvalue weighted by atomic mass is 32.2. The van der Waals surface area contributed by atoms with E-state index in [1.807, 2.05) is 0 Å². The maximum atomic E-state index is 12.7. The van der Waals surface area contributed by atoms with Gasteiger partial charge in [-0.25, -0.2) is 8.42 Å². The predicted octanol–water partition coefficient (Wildman–Crippen LogP) is -6.00. The molecule has 2 saturated heterocycles. The Balaban J connectivity index is 2.33. The van der Waals surface area contributed by atoms with Crippen molar-refractivity contribution in [3.05, 3.63) is 0 Å². The van der Waals surface area contributed by atoms with Crippen molar-refractivity contribution in [3.8, 4) is 0 Å². The molecule has 2 fully saturated rings. The third kappa shape index (κ3) is 3.54. The number of aliphatic hydroxyl groups is 8. The van der Waals surface area contributed by atoms with Crippen molar-refractivity contribution in [2.45, 2.75) is 59.7 Å². The highest BCUT2D eigenvalue weighted by Gasteiger charge is 2.56. The molecule has 0 radical (unpaired) electrons. The van der Waals surface area contributed by atoms with Gasteiger partial charge in [0.2, 0.25) is 9.84 Å². The molecule has 10 atom stereocenters. The van der Waals surface area contributed by atoms with E-state index in [1.54, 1.807) is 0 Å². The van der Waals surface area contributed by atoms with E-state index < -0.39 is 82.8 Å². The summed E-state index contributed by atoms with van der Waals surface area (Å²) >= 11 is 0. The van der Waals surface area contributed by atoms with Crippen molar-refractivity contribution in [1.82, 2.24) is 0 Å². The topological polar surface area (TPSA) is 214 Å². The lowest BCUT2D eigenvalue weighted by Crippen LogP contribution is -2.66. The Morgan fingerprint density at radius 3 is 1.20 bits per heavy atom. The van der Waals surface area contributed by atoms with E-state index in [-0.39, 0.29) is 0 Å².